The van der Waals surface area contributed by atoms with E-state index < -0.39 is 0 Å². The molecule has 2 unspecified atom stereocenters. The number of likely N-dealkylation sites (tertiary alicyclic amines) is 1. The van der Waals surface area contributed by atoms with E-state index in [-0.39, 0.29) is 22.0 Å². The molecule has 5 rings (SSSR count). The lowest BCUT2D eigenvalue weighted by molar-refractivity contribution is -0.118. The van der Waals surface area contributed by atoms with Crippen LogP contribution in [-0.4, -0.2) is 57.7 Å². The zero-order valence-electron chi connectivity index (χ0n) is 22.1. The zero-order chi connectivity index (χ0) is 26.3. The number of ether oxygens (including phenoxy) is 2. The third-order valence-electron chi connectivity index (χ3n) is 8.18. The van der Waals surface area contributed by atoms with Crippen molar-refractivity contribution in [3.8, 4) is 17.2 Å². The Bertz CT molecular complexity index is 1210. The Balaban J connectivity index is 1.18. The second-order valence-electron chi connectivity index (χ2n) is 10.9. The molecule has 0 saturated carbocycles. The molecule has 0 aliphatic carbocycles. The highest BCUT2D eigenvalue weighted by molar-refractivity contribution is 8.15. The van der Waals surface area contributed by atoms with Crippen molar-refractivity contribution in [2.24, 2.45) is 0 Å². The molecular weight excluding hydrogens is 488 g/mol. The molecule has 7 nitrogen and oxygen atoms in total. The molecule has 0 bridgehead atoms. The smallest absolute Gasteiger partial charge is 0.286 e. The van der Waals surface area contributed by atoms with E-state index >= 15 is 0 Å². The lowest BCUT2D eigenvalue weighted by atomic mass is 9.87. The molecule has 2 aromatic carbocycles. The average molecular weight is 525 g/mol. The molecule has 0 aromatic heterocycles. The van der Waals surface area contributed by atoms with Crippen LogP contribution in [0, 0.1) is 20.8 Å². The largest absolute Gasteiger partial charge is 0.507 e. The van der Waals surface area contributed by atoms with Crippen molar-refractivity contribution in [2.75, 3.05) is 19.7 Å². The zero-order valence-corrected chi connectivity index (χ0v) is 22.9. The number of imide groups is 1. The number of carbonyl (C=O) groups excluding carboxylic acids is 2. The summed E-state index contributed by atoms with van der Waals surface area (Å²) in [5.74, 6) is 1.94. The van der Waals surface area contributed by atoms with Crippen molar-refractivity contribution in [3.63, 3.8) is 0 Å². The molecule has 2 N–H and O–H groups in total. The summed E-state index contributed by atoms with van der Waals surface area (Å²) < 4.78 is 12.9. The minimum absolute atomic E-state index is 0.214. The minimum Gasteiger partial charge on any atom is -0.507 e. The maximum Gasteiger partial charge on any atom is 0.286 e. The van der Waals surface area contributed by atoms with Crippen LogP contribution in [0.1, 0.15) is 54.0 Å². The lowest BCUT2D eigenvalue weighted by Gasteiger charge is -2.41. The molecule has 198 valence electrons. The van der Waals surface area contributed by atoms with Crippen molar-refractivity contribution in [3.05, 3.63) is 52.1 Å². The molecule has 37 heavy (non-hydrogen) atoms. The summed E-state index contributed by atoms with van der Waals surface area (Å²) >= 11 is 1.05. The Morgan fingerprint density at radius 2 is 1.92 bits per heavy atom. The maximum absolute atomic E-state index is 11.8. The summed E-state index contributed by atoms with van der Waals surface area (Å²) in [6, 6.07) is 8.15. The minimum atomic E-state index is -0.357. The Morgan fingerprint density at radius 1 is 1.16 bits per heavy atom. The maximum atomic E-state index is 11.8. The van der Waals surface area contributed by atoms with E-state index in [0.29, 0.717) is 24.8 Å². The van der Waals surface area contributed by atoms with Gasteiger partial charge in [0.25, 0.3) is 5.24 Å². The van der Waals surface area contributed by atoms with Gasteiger partial charge >= 0.3 is 0 Å². The highest BCUT2D eigenvalue weighted by Gasteiger charge is 2.39. The fourth-order valence-corrected chi connectivity index (χ4v) is 6.64. The molecule has 2 saturated heterocycles. The van der Waals surface area contributed by atoms with Crippen LogP contribution >= 0.6 is 11.8 Å². The first kappa shape index (κ1) is 25.9. The van der Waals surface area contributed by atoms with Gasteiger partial charge in [0.1, 0.15) is 29.5 Å². The van der Waals surface area contributed by atoms with E-state index in [1.165, 1.54) is 0 Å². The van der Waals surface area contributed by atoms with Crippen LogP contribution in [0.4, 0.5) is 4.79 Å². The Morgan fingerprint density at radius 3 is 2.62 bits per heavy atom. The van der Waals surface area contributed by atoms with Gasteiger partial charge in [0.2, 0.25) is 5.91 Å². The van der Waals surface area contributed by atoms with E-state index in [4.69, 9.17) is 9.47 Å². The number of thioether (sulfide) groups is 1. The Kier molecular flexibility index (Phi) is 7.16. The lowest BCUT2D eigenvalue weighted by Crippen LogP contribution is -2.50. The van der Waals surface area contributed by atoms with Gasteiger partial charge < -0.3 is 14.6 Å². The number of fused-ring (bicyclic) bond motifs is 1. The van der Waals surface area contributed by atoms with Gasteiger partial charge in [-0.05, 0) is 101 Å². The third kappa shape index (κ3) is 5.32. The SMILES string of the molecule is Cc1c(C)c2c(c(C)c1O)CCC(C)(CN1CCC[C@H]1COc1ccc(CC3SC(=O)NC3=O)cc1)O2. The van der Waals surface area contributed by atoms with Crippen molar-refractivity contribution in [1.82, 2.24) is 10.2 Å². The third-order valence-corrected chi connectivity index (χ3v) is 9.16. The van der Waals surface area contributed by atoms with Crippen LogP contribution in [0.25, 0.3) is 0 Å². The van der Waals surface area contributed by atoms with E-state index in [1.807, 2.05) is 45.0 Å². The van der Waals surface area contributed by atoms with Gasteiger partial charge in [-0.25, -0.2) is 0 Å². The number of carbonyl (C=O) groups is 2. The number of nitrogens with one attached hydrogen (secondary N) is 1. The Labute approximate surface area is 222 Å². The van der Waals surface area contributed by atoms with Gasteiger partial charge in [0, 0.05) is 18.2 Å². The number of phenolic OH excluding ortho intramolecular Hbond substituents is 1. The van der Waals surface area contributed by atoms with Crippen molar-refractivity contribution in [2.45, 2.75) is 76.7 Å². The fraction of sp³-hybridized carbons (Fsp3) is 0.517. The van der Waals surface area contributed by atoms with Gasteiger partial charge in [-0.2, -0.15) is 0 Å². The number of rotatable bonds is 7. The standard InChI is InChI=1S/C29H36N2O5S/c1-17-18(2)26-23(19(3)25(17)32)11-12-29(4,36-26)16-31-13-5-6-21(31)15-35-22-9-7-20(8-10-22)14-24-27(33)30-28(34)37-24/h7-10,21,24,32H,5-6,11-16H2,1-4H3,(H,30,33,34)/t21-,24?,29?/m0/s1. The number of hydrogen-bond donors (Lipinski definition) is 2. The van der Waals surface area contributed by atoms with Gasteiger partial charge in [0.15, 0.2) is 0 Å². The summed E-state index contributed by atoms with van der Waals surface area (Å²) in [7, 11) is 0. The number of amides is 2. The van der Waals surface area contributed by atoms with Gasteiger partial charge in [-0.1, -0.05) is 23.9 Å². The fourth-order valence-electron chi connectivity index (χ4n) is 5.78. The second-order valence-corrected chi connectivity index (χ2v) is 12.1. The molecule has 8 heteroatoms. The van der Waals surface area contributed by atoms with Crippen LogP contribution < -0.4 is 14.8 Å². The summed E-state index contributed by atoms with van der Waals surface area (Å²) in [6.07, 6.45) is 4.58. The molecule has 0 spiro atoms. The second kappa shape index (κ2) is 10.2. The van der Waals surface area contributed by atoms with Crippen LogP contribution in [0.3, 0.4) is 0 Å². The predicted molar refractivity (Wildman–Crippen MR) is 145 cm³/mol. The van der Waals surface area contributed by atoms with Crippen LogP contribution in [0.5, 0.6) is 17.2 Å². The molecule has 3 aliphatic heterocycles. The first-order valence-electron chi connectivity index (χ1n) is 13.1. The number of benzene rings is 2. The quantitative estimate of drug-likeness (QED) is 0.536. The first-order chi connectivity index (χ1) is 17.6. The number of nitrogens with zero attached hydrogens (tertiary/aromatic N) is 1. The molecule has 3 heterocycles. The van der Waals surface area contributed by atoms with Gasteiger partial charge in [-0.3, -0.25) is 19.8 Å². The Hall–Kier alpha value is -2.71. The summed E-state index contributed by atoms with van der Waals surface area (Å²) in [5.41, 5.74) is 4.74. The molecule has 3 atom stereocenters. The number of phenols is 1. The number of hydrogen-bond acceptors (Lipinski definition) is 7. The molecular formula is C29H36N2O5S. The van der Waals surface area contributed by atoms with E-state index in [9.17, 15) is 14.7 Å². The summed E-state index contributed by atoms with van der Waals surface area (Å²) in [6.45, 7) is 10.7. The monoisotopic (exact) mass is 524 g/mol. The van der Waals surface area contributed by atoms with E-state index in [2.05, 4.69) is 17.1 Å². The molecule has 3 aliphatic rings. The molecule has 2 amide bonds. The first-order valence-corrected chi connectivity index (χ1v) is 14.0. The van der Waals surface area contributed by atoms with Crippen LogP contribution in [-0.2, 0) is 17.6 Å². The normalized spacial score (nSPS) is 25.6. The molecule has 2 fully saturated rings. The molecule has 2 aromatic rings. The van der Waals surface area contributed by atoms with Crippen molar-refractivity contribution in [1.29, 1.82) is 0 Å². The van der Waals surface area contributed by atoms with E-state index in [0.717, 1.165) is 89.9 Å². The van der Waals surface area contributed by atoms with Crippen molar-refractivity contribution < 1.29 is 24.2 Å². The topological polar surface area (TPSA) is 88.1 Å². The predicted octanol–water partition coefficient (Wildman–Crippen LogP) is 4.84. The number of aromatic hydroxyl groups is 1. The highest BCUT2D eigenvalue weighted by atomic mass is 32.2. The highest BCUT2D eigenvalue weighted by Crippen LogP contribution is 2.43. The molecule has 0 radical (unpaired) electrons. The average Bonchev–Trinajstić information content (AvgIpc) is 3.44. The van der Waals surface area contributed by atoms with Crippen molar-refractivity contribution >= 4 is 22.9 Å². The van der Waals surface area contributed by atoms with Gasteiger partial charge in [0.05, 0.1) is 5.25 Å². The van der Waals surface area contributed by atoms with E-state index in [1.54, 1.807) is 0 Å². The van der Waals surface area contributed by atoms with Crippen LogP contribution in [0.15, 0.2) is 24.3 Å². The summed E-state index contributed by atoms with van der Waals surface area (Å²) in [4.78, 5) is 25.7. The van der Waals surface area contributed by atoms with Crippen LogP contribution in [0.2, 0.25) is 0 Å². The summed E-state index contributed by atoms with van der Waals surface area (Å²) in [5, 5.41) is 12.2. The van der Waals surface area contributed by atoms with Gasteiger partial charge in [-0.15, -0.1) is 0 Å².